The summed E-state index contributed by atoms with van der Waals surface area (Å²) in [5, 5.41) is 11.3. The van der Waals surface area contributed by atoms with E-state index in [9.17, 15) is 19.7 Å². The molecule has 0 bridgehead atoms. The zero-order valence-electron chi connectivity index (χ0n) is 12.5. The van der Waals surface area contributed by atoms with Crippen molar-refractivity contribution in [2.75, 3.05) is 0 Å². The van der Waals surface area contributed by atoms with Crippen molar-refractivity contribution in [3.63, 3.8) is 0 Å². The van der Waals surface area contributed by atoms with Gasteiger partial charge in [0.2, 0.25) is 0 Å². The number of Topliss-reactive ketones (excluding diaryl/α,β-unsaturated/α-hetero) is 1. The van der Waals surface area contributed by atoms with Crippen LogP contribution in [0.5, 0.6) is 0 Å². The fraction of sp³-hybridized carbons (Fsp3) is 0.0588. The van der Waals surface area contributed by atoms with Crippen molar-refractivity contribution in [3.05, 3.63) is 76.0 Å². The fourth-order valence-electron chi connectivity index (χ4n) is 2.61. The molecule has 7 heteroatoms. The largest absolute Gasteiger partial charge is 0.363 e. The monoisotopic (exact) mass is 323 g/mol. The third-order valence-electron chi connectivity index (χ3n) is 3.76. The normalized spacial score (nSPS) is 10.7. The van der Waals surface area contributed by atoms with Crippen molar-refractivity contribution in [3.8, 4) is 0 Å². The molecule has 0 saturated carbocycles. The Morgan fingerprint density at radius 3 is 2.38 bits per heavy atom. The Labute approximate surface area is 136 Å². The fourth-order valence-corrected chi connectivity index (χ4v) is 2.61. The van der Waals surface area contributed by atoms with Crippen LogP contribution in [0.2, 0.25) is 0 Å². The third kappa shape index (κ3) is 2.74. The summed E-state index contributed by atoms with van der Waals surface area (Å²) in [6.07, 6.45) is 1.58. The van der Waals surface area contributed by atoms with Gasteiger partial charge in [0.05, 0.1) is 10.5 Å². The average molecular weight is 323 g/mol. The number of carbonyl (C=O) groups is 2. The van der Waals surface area contributed by atoms with Crippen molar-refractivity contribution < 1.29 is 14.5 Å². The predicted octanol–water partition coefficient (Wildman–Crippen LogP) is 2.27. The molecule has 2 aromatic carbocycles. The summed E-state index contributed by atoms with van der Waals surface area (Å²) in [4.78, 5) is 33.4. The highest BCUT2D eigenvalue weighted by Crippen LogP contribution is 2.23. The molecule has 0 atom stereocenters. The second-order valence-corrected chi connectivity index (χ2v) is 5.30. The van der Waals surface area contributed by atoms with E-state index in [0.29, 0.717) is 11.9 Å². The van der Waals surface area contributed by atoms with Crippen molar-refractivity contribution in [1.29, 1.82) is 0 Å². The number of nitrogens with zero attached hydrogens (tertiary/aromatic N) is 2. The summed E-state index contributed by atoms with van der Waals surface area (Å²) < 4.78 is 1.81. The highest BCUT2D eigenvalue weighted by molar-refractivity contribution is 6.44. The van der Waals surface area contributed by atoms with Gasteiger partial charge in [0.25, 0.3) is 17.4 Å². The number of para-hydroxylation sites is 1. The summed E-state index contributed by atoms with van der Waals surface area (Å²) >= 11 is 0. The summed E-state index contributed by atoms with van der Waals surface area (Å²) in [5.74, 6) is -1.75. The van der Waals surface area contributed by atoms with Crippen LogP contribution in [0.1, 0.15) is 15.9 Å². The highest BCUT2D eigenvalue weighted by Gasteiger charge is 2.19. The van der Waals surface area contributed by atoms with Gasteiger partial charge in [-0.2, -0.15) is 0 Å². The number of primary amides is 1. The van der Waals surface area contributed by atoms with Crippen molar-refractivity contribution in [2.24, 2.45) is 5.73 Å². The molecule has 0 aliphatic carbocycles. The molecule has 0 saturated heterocycles. The Morgan fingerprint density at radius 2 is 1.75 bits per heavy atom. The Balaban J connectivity index is 2.02. The van der Waals surface area contributed by atoms with E-state index in [0.717, 1.165) is 11.1 Å². The first-order chi connectivity index (χ1) is 11.5. The quantitative estimate of drug-likeness (QED) is 0.336. The first-order valence-corrected chi connectivity index (χ1v) is 7.12. The molecular formula is C17H13N3O4. The number of benzene rings is 2. The number of rotatable bonds is 5. The van der Waals surface area contributed by atoms with Gasteiger partial charge in [-0.1, -0.05) is 30.3 Å². The van der Waals surface area contributed by atoms with Crippen LogP contribution < -0.4 is 5.73 Å². The minimum absolute atomic E-state index is 0.0145. The van der Waals surface area contributed by atoms with E-state index in [1.807, 2.05) is 16.7 Å². The standard InChI is InChI=1S/C17H13N3O4/c18-17(22)16(21)14-10-19(15-4-2-1-3-13(14)15)9-11-5-7-12(8-6-11)20(23)24/h1-8,10H,9H2,(H2,18,22). The van der Waals surface area contributed by atoms with Gasteiger partial charge in [0, 0.05) is 35.8 Å². The van der Waals surface area contributed by atoms with E-state index < -0.39 is 16.6 Å². The Hall–Kier alpha value is -3.48. The molecule has 1 aromatic heterocycles. The van der Waals surface area contributed by atoms with Crippen molar-refractivity contribution in [1.82, 2.24) is 4.57 Å². The number of hydrogen-bond acceptors (Lipinski definition) is 4. The number of amides is 1. The van der Waals surface area contributed by atoms with Crippen LogP contribution in [-0.2, 0) is 11.3 Å². The predicted molar refractivity (Wildman–Crippen MR) is 87.7 cm³/mol. The molecule has 0 aliphatic heterocycles. The van der Waals surface area contributed by atoms with E-state index in [4.69, 9.17) is 5.73 Å². The number of carbonyl (C=O) groups excluding carboxylic acids is 2. The average Bonchev–Trinajstić information content (AvgIpc) is 2.93. The van der Waals surface area contributed by atoms with E-state index in [1.54, 1.807) is 30.5 Å². The van der Waals surface area contributed by atoms with Crippen LogP contribution in [0.3, 0.4) is 0 Å². The summed E-state index contributed by atoms with van der Waals surface area (Å²) in [6.45, 7) is 0.407. The maximum absolute atomic E-state index is 12.0. The second-order valence-electron chi connectivity index (χ2n) is 5.30. The summed E-state index contributed by atoms with van der Waals surface area (Å²) in [6, 6.07) is 13.3. The lowest BCUT2D eigenvalue weighted by atomic mass is 10.1. The van der Waals surface area contributed by atoms with E-state index >= 15 is 0 Å². The maximum Gasteiger partial charge on any atom is 0.289 e. The van der Waals surface area contributed by atoms with Gasteiger partial charge in [-0.3, -0.25) is 19.7 Å². The molecule has 0 spiro atoms. The summed E-state index contributed by atoms with van der Waals surface area (Å²) in [5.41, 5.74) is 6.98. The SMILES string of the molecule is NC(=O)C(=O)c1cn(Cc2ccc([N+](=O)[O-])cc2)c2ccccc12. The molecule has 0 aliphatic rings. The third-order valence-corrected chi connectivity index (χ3v) is 3.76. The number of fused-ring (bicyclic) bond motifs is 1. The van der Waals surface area contributed by atoms with Gasteiger partial charge >= 0.3 is 0 Å². The zero-order chi connectivity index (χ0) is 17.3. The Kier molecular flexibility index (Phi) is 3.83. The molecule has 1 heterocycles. The molecule has 0 radical (unpaired) electrons. The van der Waals surface area contributed by atoms with E-state index in [1.165, 1.54) is 12.1 Å². The van der Waals surface area contributed by atoms with Crippen LogP contribution >= 0.6 is 0 Å². The zero-order valence-corrected chi connectivity index (χ0v) is 12.5. The van der Waals surface area contributed by atoms with Gasteiger partial charge in [0.1, 0.15) is 0 Å². The molecule has 120 valence electrons. The van der Waals surface area contributed by atoms with Crippen molar-refractivity contribution >= 4 is 28.3 Å². The lowest BCUT2D eigenvalue weighted by Gasteiger charge is -2.05. The number of nitro groups is 1. The first-order valence-electron chi connectivity index (χ1n) is 7.12. The van der Waals surface area contributed by atoms with E-state index in [2.05, 4.69) is 0 Å². The topological polar surface area (TPSA) is 108 Å². The van der Waals surface area contributed by atoms with Gasteiger partial charge in [-0.05, 0) is 11.6 Å². The Bertz CT molecular complexity index is 958. The molecule has 7 nitrogen and oxygen atoms in total. The number of aromatic nitrogens is 1. The number of nitro benzene ring substituents is 1. The van der Waals surface area contributed by atoms with Gasteiger partial charge in [-0.25, -0.2) is 0 Å². The molecule has 0 fully saturated rings. The maximum atomic E-state index is 12.0. The highest BCUT2D eigenvalue weighted by atomic mass is 16.6. The minimum Gasteiger partial charge on any atom is -0.363 e. The molecule has 2 N–H and O–H groups in total. The van der Waals surface area contributed by atoms with Gasteiger partial charge in [-0.15, -0.1) is 0 Å². The number of nitrogens with two attached hydrogens (primary N) is 1. The molecule has 0 unspecified atom stereocenters. The lowest BCUT2D eigenvalue weighted by molar-refractivity contribution is -0.384. The minimum atomic E-state index is -1.01. The van der Waals surface area contributed by atoms with Crippen LogP contribution in [0.15, 0.2) is 54.7 Å². The molecular weight excluding hydrogens is 310 g/mol. The smallest absolute Gasteiger partial charge is 0.289 e. The van der Waals surface area contributed by atoms with Crippen molar-refractivity contribution in [2.45, 2.75) is 6.54 Å². The van der Waals surface area contributed by atoms with E-state index in [-0.39, 0.29) is 11.3 Å². The molecule has 3 rings (SSSR count). The van der Waals surface area contributed by atoms with Crippen LogP contribution in [0.4, 0.5) is 5.69 Å². The number of non-ortho nitro benzene ring substituents is 1. The number of ketones is 1. The van der Waals surface area contributed by atoms with Gasteiger partial charge < -0.3 is 10.3 Å². The second kappa shape index (κ2) is 5.96. The molecule has 1 amide bonds. The van der Waals surface area contributed by atoms with Crippen LogP contribution in [0, 0.1) is 10.1 Å². The summed E-state index contributed by atoms with van der Waals surface area (Å²) in [7, 11) is 0. The van der Waals surface area contributed by atoms with Gasteiger partial charge in [0.15, 0.2) is 0 Å². The Morgan fingerprint density at radius 1 is 1.08 bits per heavy atom. The first kappa shape index (κ1) is 15.4. The lowest BCUT2D eigenvalue weighted by Crippen LogP contribution is -2.22. The molecule has 3 aromatic rings. The number of hydrogen-bond donors (Lipinski definition) is 1. The van der Waals surface area contributed by atoms with Crippen LogP contribution in [-0.4, -0.2) is 21.2 Å². The molecule has 24 heavy (non-hydrogen) atoms. The van der Waals surface area contributed by atoms with Crippen LogP contribution in [0.25, 0.3) is 10.9 Å².